The average molecular weight is 511 g/mol. The fourth-order valence-electron chi connectivity index (χ4n) is 4.06. The molecule has 1 saturated heterocycles. The van der Waals surface area contributed by atoms with Crippen molar-refractivity contribution >= 4 is 33.5 Å². The number of thiophene rings is 1. The predicted molar refractivity (Wildman–Crippen MR) is 128 cm³/mol. The highest BCUT2D eigenvalue weighted by Gasteiger charge is 2.29. The van der Waals surface area contributed by atoms with Crippen molar-refractivity contribution in [3.05, 3.63) is 35.2 Å². The minimum Gasteiger partial charge on any atom is -0.442 e. The van der Waals surface area contributed by atoms with Crippen molar-refractivity contribution < 1.29 is 22.7 Å². The summed E-state index contributed by atoms with van der Waals surface area (Å²) < 4.78 is 45.1. The van der Waals surface area contributed by atoms with Crippen molar-refractivity contribution in [2.24, 2.45) is 0 Å². The van der Waals surface area contributed by atoms with E-state index in [2.05, 4.69) is 25.3 Å². The molecule has 3 aromatic rings. The maximum atomic E-state index is 12.8. The monoisotopic (exact) mass is 510 g/mol. The number of hydrogen-bond donors (Lipinski definition) is 1. The number of aromatic nitrogens is 4. The van der Waals surface area contributed by atoms with Gasteiger partial charge in [0.1, 0.15) is 22.6 Å². The first kappa shape index (κ1) is 25.4. The van der Waals surface area contributed by atoms with Crippen molar-refractivity contribution in [3.63, 3.8) is 0 Å². The molecular formula is C23H29F3N6O2S. The molecule has 0 amide bonds. The molecule has 1 fully saturated rings. The Morgan fingerprint density at radius 2 is 2.03 bits per heavy atom. The van der Waals surface area contributed by atoms with Crippen LogP contribution in [0.1, 0.15) is 50.5 Å². The van der Waals surface area contributed by atoms with Crippen LogP contribution < -0.4 is 10.2 Å². The van der Waals surface area contributed by atoms with E-state index in [-0.39, 0.29) is 10.9 Å². The zero-order valence-electron chi connectivity index (χ0n) is 19.9. The number of alkyl halides is 3. The number of hydrogen-bond acceptors (Lipinski definition) is 8. The van der Waals surface area contributed by atoms with Gasteiger partial charge >= 0.3 is 12.3 Å². The zero-order valence-corrected chi connectivity index (χ0v) is 20.7. The average Bonchev–Trinajstić information content (AvgIpc) is 3.31. The number of ether oxygens (including phenoxy) is 1. The van der Waals surface area contributed by atoms with Gasteiger partial charge < -0.3 is 15.0 Å². The molecule has 8 nitrogen and oxygen atoms in total. The molecule has 0 bridgehead atoms. The number of halogens is 3. The fraction of sp³-hybridized carbons (Fsp3) is 0.565. The maximum Gasteiger partial charge on any atom is 0.435 e. The number of fused-ring (bicyclic) bond motifs is 1. The van der Waals surface area contributed by atoms with E-state index in [9.17, 15) is 18.0 Å². The molecule has 4 rings (SSSR count). The SMILES string of the molecule is CC(C)(C)OC(=O)n1cc(CN[C@@H]2CCCN(c3ncnc4sc(CC(F)(F)F)cc34)CC2)cn1. The summed E-state index contributed by atoms with van der Waals surface area (Å²) in [6.07, 6.45) is 1.73. The second-order valence-corrected chi connectivity index (χ2v) is 10.8. The normalized spacial score (nSPS) is 17.5. The first-order chi connectivity index (χ1) is 16.5. The quantitative estimate of drug-likeness (QED) is 0.521. The highest BCUT2D eigenvalue weighted by molar-refractivity contribution is 7.18. The topological polar surface area (TPSA) is 85.2 Å². The van der Waals surface area contributed by atoms with Gasteiger partial charge in [0.05, 0.1) is 18.0 Å². The Morgan fingerprint density at radius 1 is 1.23 bits per heavy atom. The molecular weight excluding hydrogens is 481 g/mol. The smallest absolute Gasteiger partial charge is 0.435 e. The summed E-state index contributed by atoms with van der Waals surface area (Å²) >= 11 is 1.07. The van der Waals surface area contributed by atoms with Gasteiger partial charge in [0.15, 0.2) is 0 Å². The van der Waals surface area contributed by atoms with Crippen LogP contribution in [0.3, 0.4) is 0 Å². The number of carbonyl (C=O) groups is 1. The van der Waals surface area contributed by atoms with E-state index in [1.807, 2.05) is 0 Å². The summed E-state index contributed by atoms with van der Waals surface area (Å²) in [6, 6.07) is 1.83. The third kappa shape index (κ3) is 6.91. The third-order valence-electron chi connectivity index (χ3n) is 5.57. The lowest BCUT2D eigenvalue weighted by atomic mass is 10.1. The van der Waals surface area contributed by atoms with E-state index >= 15 is 0 Å². The molecule has 0 spiro atoms. The molecule has 1 atom stereocenters. The van der Waals surface area contributed by atoms with Gasteiger partial charge in [0.25, 0.3) is 0 Å². The Bertz CT molecular complexity index is 1170. The molecule has 3 aromatic heterocycles. The van der Waals surface area contributed by atoms with Crippen LogP contribution in [0.15, 0.2) is 24.8 Å². The van der Waals surface area contributed by atoms with Crippen LogP contribution in [0.25, 0.3) is 10.2 Å². The highest BCUT2D eigenvalue weighted by atomic mass is 32.1. The molecule has 190 valence electrons. The van der Waals surface area contributed by atoms with Crippen LogP contribution in [0.4, 0.5) is 23.8 Å². The lowest BCUT2D eigenvalue weighted by Crippen LogP contribution is -2.31. The number of anilines is 1. The van der Waals surface area contributed by atoms with Gasteiger partial charge in [-0.05, 0) is 46.1 Å². The van der Waals surface area contributed by atoms with Gasteiger partial charge in [-0.3, -0.25) is 0 Å². The molecule has 1 aliphatic heterocycles. The highest BCUT2D eigenvalue weighted by Crippen LogP contribution is 2.34. The Morgan fingerprint density at radius 3 is 2.77 bits per heavy atom. The van der Waals surface area contributed by atoms with E-state index in [0.29, 0.717) is 22.6 Å². The number of carbonyl (C=O) groups excluding carboxylic acids is 1. The van der Waals surface area contributed by atoms with Crippen LogP contribution >= 0.6 is 11.3 Å². The predicted octanol–water partition coefficient (Wildman–Crippen LogP) is 4.92. The van der Waals surface area contributed by atoms with Gasteiger partial charge in [-0.1, -0.05) is 0 Å². The zero-order chi connectivity index (χ0) is 25.2. The van der Waals surface area contributed by atoms with Gasteiger partial charge in [-0.2, -0.15) is 23.0 Å². The summed E-state index contributed by atoms with van der Waals surface area (Å²) in [5, 5.41) is 8.31. The summed E-state index contributed by atoms with van der Waals surface area (Å²) in [7, 11) is 0. The van der Waals surface area contributed by atoms with Gasteiger partial charge in [0.2, 0.25) is 0 Å². The summed E-state index contributed by atoms with van der Waals surface area (Å²) in [5.41, 5.74) is 0.288. The van der Waals surface area contributed by atoms with Crippen LogP contribution in [-0.2, 0) is 17.7 Å². The Kier molecular flexibility index (Phi) is 7.32. The van der Waals surface area contributed by atoms with Crippen molar-refractivity contribution in [2.45, 2.75) is 70.8 Å². The van der Waals surface area contributed by atoms with Crippen molar-refractivity contribution in [1.29, 1.82) is 0 Å². The minimum atomic E-state index is -4.25. The van der Waals surface area contributed by atoms with E-state index in [0.717, 1.165) is 49.3 Å². The molecule has 0 saturated carbocycles. The summed E-state index contributed by atoms with van der Waals surface area (Å²) in [5.74, 6) is 0.693. The van der Waals surface area contributed by atoms with Crippen LogP contribution in [-0.4, -0.2) is 56.8 Å². The largest absolute Gasteiger partial charge is 0.442 e. The molecule has 1 N–H and O–H groups in total. The van der Waals surface area contributed by atoms with Crippen LogP contribution in [0.5, 0.6) is 0 Å². The first-order valence-electron chi connectivity index (χ1n) is 11.5. The van der Waals surface area contributed by atoms with Crippen LogP contribution in [0.2, 0.25) is 0 Å². The third-order valence-corrected chi connectivity index (χ3v) is 6.62. The first-order valence-corrected chi connectivity index (χ1v) is 12.3. The molecule has 35 heavy (non-hydrogen) atoms. The van der Waals surface area contributed by atoms with Gasteiger partial charge in [-0.15, -0.1) is 11.3 Å². The maximum absolute atomic E-state index is 12.8. The molecule has 0 aliphatic carbocycles. The molecule has 4 heterocycles. The van der Waals surface area contributed by atoms with Gasteiger partial charge in [0, 0.05) is 42.3 Å². The number of nitrogens with one attached hydrogen (secondary N) is 1. The Hall–Kier alpha value is -2.73. The van der Waals surface area contributed by atoms with Crippen molar-refractivity contribution in [2.75, 3.05) is 18.0 Å². The standard InChI is InChI=1S/C23H29F3N6O2S/c1-22(2,3)34-21(33)32-13-15(12-30-32)11-27-16-5-4-7-31(8-6-16)19-18-9-17(10-23(24,25)26)35-20(18)29-14-28-19/h9,12-14,16,27H,4-8,10-11H2,1-3H3/t16-/m1/s1. The molecule has 1 aliphatic rings. The van der Waals surface area contributed by atoms with E-state index in [1.165, 1.54) is 11.0 Å². The van der Waals surface area contributed by atoms with Crippen molar-refractivity contribution in [1.82, 2.24) is 25.1 Å². The van der Waals surface area contributed by atoms with E-state index < -0.39 is 24.3 Å². The minimum absolute atomic E-state index is 0.246. The molecule has 0 unspecified atom stereocenters. The summed E-state index contributed by atoms with van der Waals surface area (Å²) in [6.45, 7) is 7.48. The summed E-state index contributed by atoms with van der Waals surface area (Å²) in [4.78, 5) is 23.7. The van der Waals surface area contributed by atoms with Crippen LogP contribution in [0, 0.1) is 0 Å². The Balaban J connectivity index is 1.35. The fourth-order valence-corrected chi connectivity index (χ4v) is 5.09. The molecule has 0 aromatic carbocycles. The Labute approximate surface area is 205 Å². The van der Waals surface area contributed by atoms with E-state index in [4.69, 9.17) is 4.74 Å². The number of rotatable bonds is 5. The van der Waals surface area contributed by atoms with Crippen molar-refractivity contribution in [3.8, 4) is 0 Å². The second kappa shape index (κ2) is 10.1. The lowest BCUT2D eigenvalue weighted by molar-refractivity contribution is -0.126. The van der Waals surface area contributed by atoms with Gasteiger partial charge in [-0.25, -0.2) is 14.8 Å². The molecule has 0 radical (unpaired) electrons. The lowest BCUT2D eigenvalue weighted by Gasteiger charge is -2.22. The van der Waals surface area contributed by atoms with E-state index in [1.54, 1.807) is 39.2 Å². The second-order valence-electron chi connectivity index (χ2n) is 9.69. The number of nitrogens with zero attached hydrogens (tertiary/aromatic N) is 5. The molecule has 12 heteroatoms.